The van der Waals surface area contributed by atoms with Crippen LogP contribution in [0.1, 0.15) is 5.56 Å². The average Bonchev–Trinajstić information content (AvgIpc) is 1.94. The second kappa shape index (κ2) is 3.01. The van der Waals surface area contributed by atoms with Gasteiger partial charge in [-0.25, -0.2) is 4.79 Å². The Morgan fingerprint density at radius 2 is 2.10 bits per heavy atom. The van der Waals surface area contributed by atoms with Crippen LogP contribution in [0.4, 0.5) is 0 Å². The van der Waals surface area contributed by atoms with Crippen molar-refractivity contribution in [2.75, 3.05) is 0 Å². The van der Waals surface area contributed by atoms with Gasteiger partial charge in [0.25, 0.3) is 0 Å². The molecule has 0 bridgehead atoms. The van der Waals surface area contributed by atoms with Crippen molar-refractivity contribution >= 4 is 6.47 Å². The smallest absolute Gasteiger partial charge is 0.418 e. The third kappa shape index (κ3) is 1.35. The van der Waals surface area contributed by atoms with Gasteiger partial charge in [-0.2, -0.15) is 0 Å². The summed E-state index contributed by atoms with van der Waals surface area (Å²) in [6, 6.07) is 7.28. The van der Waals surface area contributed by atoms with Crippen molar-refractivity contribution in [3.8, 4) is 5.75 Å². The number of rotatable bonds is 2. The molecular formula is C8H7O2. The molecule has 0 atom stereocenters. The number of hydrogen-bond donors (Lipinski definition) is 0. The summed E-state index contributed by atoms with van der Waals surface area (Å²) in [4.78, 5) is 9.78. The molecular weight excluding hydrogens is 128 g/mol. The van der Waals surface area contributed by atoms with E-state index in [1.807, 2.05) is 19.1 Å². The van der Waals surface area contributed by atoms with E-state index in [1.54, 1.807) is 12.1 Å². The molecule has 0 amide bonds. The van der Waals surface area contributed by atoms with Gasteiger partial charge < -0.3 is 4.74 Å². The highest BCUT2D eigenvalue weighted by Gasteiger charge is 1.94. The summed E-state index contributed by atoms with van der Waals surface area (Å²) >= 11 is 0. The SMILES string of the molecule is Cc1ccccc1O[C]=O. The predicted molar refractivity (Wildman–Crippen MR) is 37.5 cm³/mol. The normalized spacial score (nSPS) is 8.90. The van der Waals surface area contributed by atoms with E-state index in [4.69, 9.17) is 0 Å². The van der Waals surface area contributed by atoms with E-state index in [2.05, 4.69) is 4.74 Å². The average molecular weight is 135 g/mol. The minimum absolute atomic E-state index is 0.567. The molecule has 1 rings (SSSR count). The monoisotopic (exact) mass is 135 g/mol. The molecule has 10 heavy (non-hydrogen) atoms. The Morgan fingerprint density at radius 3 is 2.70 bits per heavy atom. The standard InChI is InChI=1S/C8H7O2/c1-7-4-2-3-5-8(7)10-6-9/h2-5H,1H3. The molecule has 51 valence electrons. The van der Waals surface area contributed by atoms with Crippen molar-refractivity contribution in [1.29, 1.82) is 0 Å². The first kappa shape index (κ1) is 6.81. The van der Waals surface area contributed by atoms with Gasteiger partial charge in [0, 0.05) is 0 Å². The molecule has 0 aliphatic carbocycles. The zero-order valence-corrected chi connectivity index (χ0v) is 5.63. The lowest BCUT2D eigenvalue weighted by Crippen LogP contribution is -1.89. The molecule has 1 aromatic rings. The second-order valence-corrected chi connectivity index (χ2v) is 1.95. The largest absolute Gasteiger partial charge is 0.423 e. The molecule has 0 aliphatic heterocycles. The number of hydrogen-bond acceptors (Lipinski definition) is 2. The van der Waals surface area contributed by atoms with Gasteiger partial charge in [0.1, 0.15) is 5.75 Å². The van der Waals surface area contributed by atoms with Crippen molar-refractivity contribution in [2.24, 2.45) is 0 Å². The molecule has 0 fully saturated rings. The Balaban J connectivity index is 2.91. The van der Waals surface area contributed by atoms with Crippen LogP contribution in [0.25, 0.3) is 0 Å². The lowest BCUT2D eigenvalue weighted by molar-refractivity contribution is 0.441. The van der Waals surface area contributed by atoms with E-state index < -0.39 is 0 Å². The number of carbonyl (C=O) groups excluding carboxylic acids is 1. The third-order valence-electron chi connectivity index (χ3n) is 1.25. The molecule has 0 spiro atoms. The molecule has 0 unspecified atom stereocenters. The van der Waals surface area contributed by atoms with Crippen LogP contribution in [0.5, 0.6) is 5.75 Å². The fraction of sp³-hybridized carbons (Fsp3) is 0.125. The summed E-state index contributed by atoms with van der Waals surface area (Å²) in [7, 11) is 0. The maximum atomic E-state index is 9.78. The Hall–Kier alpha value is -1.31. The van der Waals surface area contributed by atoms with Gasteiger partial charge in [-0.3, -0.25) is 0 Å². The van der Waals surface area contributed by atoms with Crippen LogP contribution in [0.2, 0.25) is 0 Å². The number of ether oxygens (including phenoxy) is 1. The third-order valence-corrected chi connectivity index (χ3v) is 1.25. The van der Waals surface area contributed by atoms with Gasteiger partial charge in [-0.1, -0.05) is 18.2 Å². The second-order valence-electron chi connectivity index (χ2n) is 1.95. The van der Waals surface area contributed by atoms with Gasteiger partial charge in [0.05, 0.1) is 0 Å². The van der Waals surface area contributed by atoms with Crippen LogP contribution in [0.3, 0.4) is 0 Å². The Morgan fingerprint density at radius 1 is 1.40 bits per heavy atom. The molecule has 1 radical (unpaired) electrons. The topological polar surface area (TPSA) is 26.3 Å². The zero-order valence-electron chi connectivity index (χ0n) is 5.63. The quantitative estimate of drug-likeness (QED) is 0.613. The van der Waals surface area contributed by atoms with Crippen molar-refractivity contribution in [3.05, 3.63) is 29.8 Å². The minimum atomic E-state index is 0.567. The summed E-state index contributed by atoms with van der Waals surface area (Å²) in [6.07, 6.45) is 0. The Bertz CT molecular complexity index is 230. The summed E-state index contributed by atoms with van der Waals surface area (Å²) in [5, 5.41) is 0. The fourth-order valence-corrected chi connectivity index (χ4v) is 0.716. The van der Waals surface area contributed by atoms with E-state index in [-0.39, 0.29) is 0 Å². The Kier molecular flexibility index (Phi) is 2.05. The minimum Gasteiger partial charge on any atom is -0.418 e. The zero-order chi connectivity index (χ0) is 7.40. The number of benzene rings is 1. The lowest BCUT2D eigenvalue weighted by atomic mass is 10.2. The van der Waals surface area contributed by atoms with Gasteiger partial charge in [-0.05, 0) is 18.6 Å². The molecule has 0 aliphatic rings. The van der Waals surface area contributed by atoms with Crippen LogP contribution < -0.4 is 4.74 Å². The molecule has 2 heteroatoms. The van der Waals surface area contributed by atoms with Crippen LogP contribution >= 0.6 is 0 Å². The molecule has 0 aromatic heterocycles. The van der Waals surface area contributed by atoms with E-state index >= 15 is 0 Å². The summed E-state index contributed by atoms with van der Waals surface area (Å²) < 4.78 is 4.53. The predicted octanol–water partition coefficient (Wildman–Crippen LogP) is 1.44. The summed E-state index contributed by atoms with van der Waals surface area (Å²) in [5.41, 5.74) is 0.936. The lowest BCUT2D eigenvalue weighted by Gasteiger charge is -1.98. The van der Waals surface area contributed by atoms with Crippen LogP contribution in [-0.4, -0.2) is 6.47 Å². The molecule has 2 nitrogen and oxygen atoms in total. The Labute approximate surface area is 59.4 Å². The van der Waals surface area contributed by atoms with Crippen LogP contribution in [0.15, 0.2) is 24.3 Å². The van der Waals surface area contributed by atoms with E-state index in [9.17, 15) is 4.79 Å². The number of aryl methyl sites for hydroxylation is 1. The number of para-hydroxylation sites is 1. The molecule has 0 saturated carbocycles. The highest BCUT2D eigenvalue weighted by atomic mass is 16.5. The highest BCUT2D eigenvalue weighted by molar-refractivity contribution is 5.48. The van der Waals surface area contributed by atoms with Gasteiger partial charge in [0.2, 0.25) is 0 Å². The van der Waals surface area contributed by atoms with E-state index in [1.165, 1.54) is 6.47 Å². The first-order chi connectivity index (χ1) is 4.84. The van der Waals surface area contributed by atoms with Crippen LogP contribution in [-0.2, 0) is 4.79 Å². The van der Waals surface area contributed by atoms with E-state index in [0.29, 0.717) is 5.75 Å². The van der Waals surface area contributed by atoms with E-state index in [0.717, 1.165) is 5.56 Å². The van der Waals surface area contributed by atoms with Gasteiger partial charge in [-0.15, -0.1) is 0 Å². The maximum Gasteiger partial charge on any atom is 0.423 e. The van der Waals surface area contributed by atoms with Crippen LogP contribution in [0, 0.1) is 6.92 Å². The highest BCUT2D eigenvalue weighted by Crippen LogP contribution is 2.14. The molecule has 0 N–H and O–H groups in total. The van der Waals surface area contributed by atoms with Gasteiger partial charge in [0.15, 0.2) is 0 Å². The van der Waals surface area contributed by atoms with Crippen molar-refractivity contribution in [2.45, 2.75) is 6.92 Å². The van der Waals surface area contributed by atoms with Crippen molar-refractivity contribution < 1.29 is 9.53 Å². The molecule has 0 saturated heterocycles. The summed E-state index contributed by atoms with van der Waals surface area (Å²) in [5.74, 6) is 0.567. The fourth-order valence-electron chi connectivity index (χ4n) is 0.716. The molecule has 0 heterocycles. The molecule has 1 aromatic carbocycles. The maximum absolute atomic E-state index is 9.78. The summed E-state index contributed by atoms with van der Waals surface area (Å²) in [6.45, 7) is 3.24. The first-order valence-electron chi connectivity index (χ1n) is 2.94. The van der Waals surface area contributed by atoms with Gasteiger partial charge >= 0.3 is 6.47 Å². The van der Waals surface area contributed by atoms with Crippen molar-refractivity contribution in [3.63, 3.8) is 0 Å². The first-order valence-corrected chi connectivity index (χ1v) is 2.94. The van der Waals surface area contributed by atoms with Crippen molar-refractivity contribution in [1.82, 2.24) is 0 Å².